The van der Waals surface area contributed by atoms with Gasteiger partial charge >= 0.3 is 0 Å². The van der Waals surface area contributed by atoms with Gasteiger partial charge in [0.15, 0.2) is 0 Å². The molecular weight excluding hydrogens is 416 g/mol. The number of nitrogens with one attached hydrogen (secondary N) is 3. The van der Waals surface area contributed by atoms with E-state index in [0.717, 1.165) is 28.6 Å². The van der Waals surface area contributed by atoms with Crippen LogP contribution in [0.4, 0.5) is 5.69 Å². The molecule has 7 nitrogen and oxygen atoms in total. The van der Waals surface area contributed by atoms with Crippen LogP contribution in [-0.2, 0) is 15.0 Å². The van der Waals surface area contributed by atoms with Crippen LogP contribution in [0.3, 0.4) is 0 Å². The Hall–Kier alpha value is -3.61. The van der Waals surface area contributed by atoms with E-state index in [0.29, 0.717) is 25.1 Å². The van der Waals surface area contributed by atoms with Gasteiger partial charge in [-0.1, -0.05) is 43.3 Å². The second kappa shape index (κ2) is 7.20. The van der Waals surface area contributed by atoms with Gasteiger partial charge < -0.3 is 20.5 Å². The van der Waals surface area contributed by atoms with E-state index in [1.807, 2.05) is 59.5 Å². The highest BCUT2D eigenvalue weighted by molar-refractivity contribution is 6.07. The Labute approximate surface area is 191 Å². The maximum absolute atomic E-state index is 13.6. The van der Waals surface area contributed by atoms with Gasteiger partial charge in [0.05, 0.1) is 5.41 Å². The van der Waals surface area contributed by atoms with E-state index in [9.17, 15) is 14.4 Å². The minimum Gasteiger partial charge on any atom is -0.351 e. The Morgan fingerprint density at radius 1 is 1.09 bits per heavy atom. The van der Waals surface area contributed by atoms with Crippen molar-refractivity contribution in [1.29, 1.82) is 0 Å². The van der Waals surface area contributed by atoms with E-state index in [1.165, 1.54) is 0 Å². The summed E-state index contributed by atoms with van der Waals surface area (Å²) in [6.45, 7) is 2.47. The quantitative estimate of drug-likeness (QED) is 0.569. The number of nitrogens with zero attached hydrogens (tertiary/aromatic N) is 1. The van der Waals surface area contributed by atoms with Gasteiger partial charge in [0.25, 0.3) is 5.91 Å². The highest BCUT2D eigenvalue weighted by atomic mass is 16.2. The molecule has 168 valence electrons. The molecule has 2 fully saturated rings. The molecule has 1 unspecified atom stereocenters. The van der Waals surface area contributed by atoms with Crippen molar-refractivity contribution >= 4 is 34.3 Å². The number of carbonyl (C=O) groups excluding carboxylic acids is 3. The van der Waals surface area contributed by atoms with Crippen LogP contribution >= 0.6 is 0 Å². The minimum atomic E-state index is -0.709. The fourth-order valence-electron chi connectivity index (χ4n) is 6.02. The van der Waals surface area contributed by atoms with Crippen LogP contribution in [0.2, 0.25) is 0 Å². The molecule has 4 atom stereocenters. The average molecular weight is 443 g/mol. The van der Waals surface area contributed by atoms with Crippen molar-refractivity contribution in [3.63, 3.8) is 0 Å². The average Bonchev–Trinajstić information content (AvgIpc) is 3.46. The van der Waals surface area contributed by atoms with E-state index in [4.69, 9.17) is 0 Å². The lowest BCUT2D eigenvalue weighted by Crippen LogP contribution is -2.49. The smallest absolute Gasteiger partial charge is 0.268 e. The molecule has 2 saturated heterocycles. The second-order valence-electron chi connectivity index (χ2n) is 9.78. The number of carbonyl (C=O) groups is 3. The van der Waals surface area contributed by atoms with Crippen molar-refractivity contribution in [3.05, 3.63) is 65.9 Å². The molecule has 0 saturated carbocycles. The van der Waals surface area contributed by atoms with Crippen molar-refractivity contribution in [2.45, 2.75) is 43.7 Å². The summed E-state index contributed by atoms with van der Waals surface area (Å²) in [6, 6.07) is 16.6. The molecule has 0 radical (unpaired) electrons. The Morgan fingerprint density at radius 2 is 1.88 bits per heavy atom. The van der Waals surface area contributed by atoms with Gasteiger partial charge in [-0.15, -0.1) is 0 Å². The number of anilines is 1. The first-order valence-corrected chi connectivity index (χ1v) is 11.5. The predicted octanol–water partition coefficient (Wildman–Crippen LogP) is 3.19. The van der Waals surface area contributed by atoms with Crippen LogP contribution in [0.25, 0.3) is 10.9 Å². The fourth-order valence-corrected chi connectivity index (χ4v) is 6.02. The lowest BCUT2D eigenvalue weighted by molar-refractivity contribution is -0.133. The Bertz CT molecular complexity index is 1260. The highest BCUT2D eigenvalue weighted by Crippen LogP contribution is 2.48. The molecule has 3 aliphatic rings. The number of para-hydroxylation sites is 2. The van der Waals surface area contributed by atoms with Crippen molar-refractivity contribution < 1.29 is 14.4 Å². The molecule has 3 amide bonds. The van der Waals surface area contributed by atoms with E-state index >= 15 is 0 Å². The number of hydrogen-bond donors (Lipinski definition) is 3. The first-order chi connectivity index (χ1) is 15.9. The molecule has 0 aliphatic carbocycles. The monoisotopic (exact) mass is 442 g/mol. The number of fused-ring (bicyclic) bond motifs is 4. The maximum atomic E-state index is 13.6. The molecule has 3 N–H and O–H groups in total. The molecule has 2 aromatic carbocycles. The van der Waals surface area contributed by atoms with Crippen molar-refractivity contribution in [1.82, 2.24) is 15.2 Å². The predicted molar refractivity (Wildman–Crippen MR) is 125 cm³/mol. The van der Waals surface area contributed by atoms with E-state index in [1.54, 1.807) is 0 Å². The third-order valence-corrected chi connectivity index (χ3v) is 7.56. The molecule has 3 aromatic rings. The first-order valence-electron chi connectivity index (χ1n) is 11.5. The standard InChI is InChI=1S/C26H26N4O3/c1-15-10-17-13-26(18-7-3-5-9-20(18)29-25(26)33)14-30(17)24(32)22(11-15)28-23(31)21-12-16-6-2-4-8-19(16)27-21/h2-9,12,15,17,22,27H,10-11,13-14H2,1H3,(H,28,31)(H,29,33)/t15?,17-,22+,26+/m1/s1. The summed E-state index contributed by atoms with van der Waals surface area (Å²) in [5.74, 6) is -0.168. The summed E-state index contributed by atoms with van der Waals surface area (Å²) in [5.41, 5.74) is 2.43. The van der Waals surface area contributed by atoms with Crippen LogP contribution in [0, 0.1) is 5.92 Å². The van der Waals surface area contributed by atoms with Crippen LogP contribution in [0.1, 0.15) is 42.2 Å². The lowest BCUT2D eigenvalue weighted by Gasteiger charge is -2.26. The Kier molecular flexibility index (Phi) is 4.37. The summed E-state index contributed by atoms with van der Waals surface area (Å²) in [6.07, 6.45) is 2.03. The summed E-state index contributed by atoms with van der Waals surface area (Å²) >= 11 is 0. The third kappa shape index (κ3) is 3.06. The first kappa shape index (κ1) is 20.0. The number of H-pyrrole nitrogens is 1. The van der Waals surface area contributed by atoms with Gasteiger partial charge in [-0.2, -0.15) is 0 Å². The van der Waals surface area contributed by atoms with Crippen LogP contribution in [0.5, 0.6) is 0 Å². The van der Waals surface area contributed by atoms with Gasteiger partial charge in [0.2, 0.25) is 11.8 Å². The number of aromatic amines is 1. The molecule has 1 spiro atoms. The Morgan fingerprint density at radius 3 is 2.73 bits per heavy atom. The number of rotatable bonds is 2. The number of amides is 3. The number of aromatic nitrogens is 1. The van der Waals surface area contributed by atoms with Crippen LogP contribution < -0.4 is 10.6 Å². The molecule has 0 bridgehead atoms. The molecule has 33 heavy (non-hydrogen) atoms. The molecule has 1 aromatic heterocycles. The summed E-state index contributed by atoms with van der Waals surface area (Å²) in [4.78, 5) is 44.7. The zero-order valence-corrected chi connectivity index (χ0v) is 18.4. The largest absolute Gasteiger partial charge is 0.351 e. The van der Waals surface area contributed by atoms with Gasteiger partial charge in [-0.25, -0.2) is 0 Å². The van der Waals surface area contributed by atoms with Gasteiger partial charge in [0, 0.05) is 29.2 Å². The van der Waals surface area contributed by atoms with Crippen LogP contribution in [0.15, 0.2) is 54.6 Å². The van der Waals surface area contributed by atoms with Crippen molar-refractivity contribution in [3.8, 4) is 0 Å². The van der Waals surface area contributed by atoms with Gasteiger partial charge in [-0.3, -0.25) is 14.4 Å². The normalized spacial score (nSPS) is 28.5. The van der Waals surface area contributed by atoms with E-state index in [2.05, 4.69) is 22.5 Å². The minimum absolute atomic E-state index is 0.0145. The zero-order valence-electron chi connectivity index (χ0n) is 18.4. The maximum Gasteiger partial charge on any atom is 0.268 e. The molecule has 7 heteroatoms. The van der Waals surface area contributed by atoms with E-state index in [-0.39, 0.29) is 29.7 Å². The highest BCUT2D eigenvalue weighted by Gasteiger charge is 2.57. The number of hydrogen-bond acceptors (Lipinski definition) is 3. The Balaban J connectivity index is 1.27. The zero-order chi connectivity index (χ0) is 22.7. The number of benzene rings is 2. The molecule has 6 rings (SSSR count). The molecular formula is C26H26N4O3. The summed E-state index contributed by atoms with van der Waals surface area (Å²) in [5, 5.41) is 6.94. The summed E-state index contributed by atoms with van der Waals surface area (Å²) < 4.78 is 0. The topological polar surface area (TPSA) is 94.3 Å². The lowest BCUT2D eigenvalue weighted by atomic mass is 9.78. The SMILES string of the molecule is CC1C[C@@H]2C[C@@]3(CN2C(=O)[C@@H](NC(=O)c2cc4ccccc4[nH]2)C1)C(=O)Nc1ccccc13. The van der Waals surface area contributed by atoms with Gasteiger partial charge in [0.1, 0.15) is 11.7 Å². The van der Waals surface area contributed by atoms with E-state index < -0.39 is 11.5 Å². The van der Waals surface area contributed by atoms with Crippen LogP contribution in [-0.4, -0.2) is 46.2 Å². The molecule has 3 aliphatic heterocycles. The van der Waals surface area contributed by atoms with Gasteiger partial charge in [-0.05, 0) is 48.9 Å². The van der Waals surface area contributed by atoms with Crippen molar-refractivity contribution in [2.24, 2.45) is 5.92 Å². The van der Waals surface area contributed by atoms with Crippen molar-refractivity contribution in [2.75, 3.05) is 11.9 Å². The summed E-state index contributed by atoms with van der Waals surface area (Å²) in [7, 11) is 0. The second-order valence-corrected chi connectivity index (χ2v) is 9.78. The fraction of sp³-hybridized carbons (Fsp3) is 0.346. The molecule has 4 heterocycles. The third-order valence-electron chi connectivity index (χ3n) is 7.56.